The lowest BCUT2D eigenvalue weighted by Crippen LogP contribution is -2.48. The van der Waals surface area contributed by atoms with E-state index in [0.717, 1.165) is 42.0 Å². The fourth-order valence-electron chi connectivity index (χ4n) is 4.86. The predicted molar refractivity (Wildman–Crippen MR) is 135 cm³/mol. The molecule has 2 aromatic carbocycles. The Balaban J connectivity index is 1.04. The lowest BCUT2D eigenvalue weighted by atomic mass is 10.1. The van der Waals surface area contributed by atoms with Crippen LogP contribution in [-0.4, -0.2) is 85.1 Å². The van der Waals surface area contributed by atoms with E-state index in [9.17, 15) is 13.2 Å². The van der Waals surface area contributed by atoms with Crippen molar-refractivity contribution in [2.75, 3.05) is 49.8 Å². The Hall–Kier alpha value is -2.76. The van der Waals surface area contributed by atoms with Crippen molar-refractivity contribution in [1.82, 2.24) is 9.80 Å². The zero-order valence-corrected chi connectivity index (χ0v) is 20.7. The number of hydrogen-bond donors (Lipinski definition) is 1. The van der Waals surface area contributed by atoms with Gasteiger partial charge in [0.2, 0.25) is 6.79 Å². The molecular weight excluding hydrogens is 488 g/mol. The lowest BCUT2D eigenvalue weighted by Gasteiger charge is -2.34. The van der Waals surface area contributed by atoms with E-state index >= 15 is 0 Å². The molecule has 4 aliphatic heterocycles. The first-order valence-corrected chi connectivity index (χ1v) is 14.3. The number of ether oxygens (including phenoxy) is 2. The second kappa shape index (κ2) is 9.03. The van der Waals surface area contributed by atoms with Crippen molar-refractivity contribution in [2.45, 2.75) is 17.8 Å². The molecule has 11 heteroatoms. The van der Waals surface area contributed by atoms with Crippen LogP contribution in [0.15, 0.2) is 47.5 Å². The van der Waals surface area contributed by atoms with Crippen LogP contribution in [0.4, 0.5) is 5.69 Å². The van der Waals surface area contributed by atoms with E-state index in [1.54, 1.807) is 0 Å². The molecular formula is C24H26N4O5S2. The molecule has 2 saturated heterocycles. The van der Waals surface area contributed by atoms with E-state index in [4.69, 9.17) is 9.47 Å². The highest BCUT2D eigenvalue weighted by Gasteiger charge is 2.42. The van der Waals surface area contributed by atoms with Gasteiger partial charge in [0.05, 0.1) is 17.5 Å². The van der Waals surface area contributed by atoms with Gasteiger partial charge in [-0.15, -0.1) is 0 Å². The van der Waals surface area contributed by atoms with Gasteiger partial charge < -0.3 is 19.7 Å². The Bertz CT molecular complexity index is 1290. The molecule has 9 nitrogen and oxygen atoms in total. The first-order valence-electron chi connectivity index (χ1n) is 11.6. The van der Waals surface area contributed by atoms with E-state index in [0.29, 0.717) is 18.7 Å². The number of carbonyl (C=O) groups excluding carboxylic acids is 1. The Morgan fingerprint density at radius 2 is 1.89 bits per heavy atom. The molecule has 4 heterocycles. The molecule has 6 rings (SSSR count). The van der Waals surface area contributed by atoms with Crippen molar-refractivity contribution in [3.8, 4) is 11.5 Å². The van der Waals surface area contributed by atoms with Crippen LogP contribution in [0.25, 0.3) is 0 Å². The summed E-state index contributed by atoms with van der Waals surface area (Å²) in [5, 5.41) is 3.97. The molecule has 2 fully saturated rings. The van der Waals surface area contributed by atoms with Gasteiger partial charge in [0, 0.05) is 49.2 Å². The summed E-state index contributed by atoms with van der Waals surface area (Å²) >= 11 is 1.47. The van der Waals surface area contributed by atoms with Crippen molar-refractivity contribution < 1.29 is 22.7 Å². The number of thioether (sulfide) groups is 1. The number of amidine groups is 1. The number of carbonyl (C=O) groups is 1. The highest BCUT2D eigenvalue weighted by molar-refractivity contribution is 8.15. The number of fused-ring (bicyclic) bond motifs is 2. The lowest BCUT2D eigenvalue weighted by molar-refractivity contribution is 0.0628. The molecule has 2 atom stereocenters. The van der Waals surface area contributed by atoms with Gasteiger partial charge in [0.25, 0.3) is 5.91 Å². The highest BCUT2D eigenvalue weighted by atomic mass is 32.2. The summed E-state index contributed by atoms with van der Waals surface area (Å²) in [5.41, 5.74) is 2.58. The van der Waals surface area contributed by atoms with Crippen molar-refractivity contribution in [1.29, 1.82) is 0 Å². The molecule has 35 heavy (non-hydrogen) atoms. The fraction of sp³-hybridized carbons (Fsp3) is 0.417. The van der Waals surface area contributed by atoms with Gasteiger partial charge in [-0.2, -0.15) is 0 Å². The van der Waals surface area contributed by atoms with Gasteiger partial charge in [-0.05, 0) is 35.9 Å². The molecule has 0 spiro atoms. The first-order chi connectivity index (χ1) is 16.9. The molecule has 0 radical (unpaired) electrons. The van der Waals surface area contributed by atoms with Gasteiger partial charge in [-0.3, -0.25) is 14.7 Å². The zero-order valence-electron chi connectivity index (χ0n) is 19.1. The minimum Gasteiger partial charge on any atom is -0.454 e. The summed E-state index contributed by atoms with van der Waals surface area (Å²) < 4.78 is 34.4. The average Bonchev–Trinajstić information content (AvgIpc) is 3.51. The molecule has 2 aromatic rings. The standard InChI is InChI=1S/C24H26N4O5S2/c29-23(28-8-6-27(7-9-28)12-16-4-5-20-21(10-16)33-15-32-20)17-2-1-3-18(11-17)25-24-26-19-13-35(30,31)14-22(19)34-24/h1-5,10-11,19,22H,6-9,12-15H2,(H,25,26). The second-order valence-corrected chi connectivity index (χ2v) is 12.6. The molecule has 1 N–H and O–H groups in total. The van der Waals surface area contributed by atoms with Crippen molar-refractivity contribution >= 4 is 38.4 Å². The minimum atomic E-state index is -2.98. The number of hydrogen-bond acceptors (Lipinski definition) is 9. The van der Waals surface area contributed by atoms with Gasteiger partial charge in [0.1, 0.15) is 0 Å². The van der Waals surface area contributed by atoms with Gasteiger partial charge >= 0.3 is 0 Å². The topological polar surface area (TPSA) is 101 Å². The monoisotopic (exact) mass is 514 g/mol. The molecule has 0 saturated carbocycles. The quantitative estimate of drug-likeness (QED) is 0.662. The smallest absolute Gasteiger partial charge is 0.254 e. The van der Waals surface area contributed by atoms with Crippen LogP contribution in [0.2, 0.25) is 0 Å². The second-order valence-electron chi connectivity index (χ2n) is 9.20. The van der Waals surface area contributed by atoms with Crippen LogP contribution < -0.4 is 14.8 Å². The largest absolute Gasteiger partial charge is 0.454 e. The zero-order chi connectivity index (χ0) is 24.0. The predicted octanol–water partition coefficient (Wildman–Crippen LogP) is 2.05. The summed E-state index contributed by atoms with van der Waals surface area (Å²) in [6, 6.07) is 13.3. The van der Waals surface area contributed by atoms with E-state index in [2.05, 4.69) is 21.3 Å². The number of benzene rings is 2. The molecule has 0 aromatic heterocycles. The highest BCUT2D eigenvalue weighted by Crippen LogP contribution is 2.35. The van der Waals surface area contributed by atoms with Crippen molar-refractivity contribution in [3.63, 3.8) is 0 Å². The molecule has 2 unspecified atom stereocenters. The average molecular weight is 515 g/mol. The van der Waals surface area contributed by atoms with Crippen LogP contribution in [-0.2, 0) is 16.4 Å². The summed E-state index contributed by atoms with van der Waals surface area (Å²) in [6.07, 6.45) is 0. The maximum Gasteiger partial charge on any atom is 0.254 e. The molecule has 0 aliphatic carbocycles. The summed E-state index contributed by atoms with van der Waals surface area (Å²) in [6.45, 7) is 4.02. The number of aliphatic imine (C=N–C) groups is 1. The normalized spacial score (nSPS) is 24.8. The summed E-state index contributed by atoms with van der Waals surface area (Å²) in [4.78, 5) is 21.9. The van der Waals surface area contributed by atoms with Gasteiger partial charge in [-0.25, -0.2) is 8.42 Å². The van der Waals surface area contributed by atoms with E-state index in [-0.39, 0.29) is 35.5 Å². The van der Waals surface area contributed by atoms with E-state index < -0.39 is 9.84 Å². The van der Waals surface area contributed by atoms with Crippen LogP contribution in [0.1, 0.15) is 15.9 Å². The molecule has 0 bridgehead atoms. The Morgan fingerprint density at radius 1 is 1.06 bits per heavy atom. The maximum absolute atomic E-state index is 13.2. The van der Waals surface area contributed by atoms with Crippen LogP contribution >= 0.6 is 11.8 Å². The molecule has 4 aliphatic rings. The number of rotatable bonds is 4. The molecule has 1 amide bonds. The number of nitrogens with one attached hydrogen (secondary N) is 1. The van der Waals surface area contributed by atoms with Crippen LogP contribution in [0, 0.1) is 0 Å². The van der Waals surface area contributed by atoms with Crippen molar-refractivity contribution in [3.05, 3.63) is 53.6 Å². The third-order valence-corrected chi connectivity index (χ3v) is 9.82. The van der Waals surface area contributed by atoms with Gasteiger partial charge in [0.15, 0.2) is 26.5 Å². The SMILES string of the molecule is O=C(c1cccc(NC2=NC3CS(=O)(=O)CC3S2)c1)N1CCN(Cc2ccc3c(c2)OCO3)CC1. The minimum absolute atomic E-state index is 0.0127. The number of anilines is 1. The van der Waals surface area contributed by atoms with E-state index in [1.807, 2.05) is 41.3 Å². The third kappa shape index (κ3) is 4.85. The first kappa shape index (κ1) is 22.7. The third-order valence-electron chi connectivity index (χ3n) is 6.68. The van der Waals surface area contributed by atoms with Crippen LogP contribution in [0.3, 0.4) is 0 Å². The number of nitrogens with zero attached hydrogens (tertiary/aromatic N) is 3. The Labute approximate surface area is 208 Å². The van der Waals surface area contributed by atoms with E-state index in [1.165, 1.54) is 17.3 Å². The number of amides is 1. The fourth-order valence-corrected chi connectivity index (χ4v) is 8.53. The Morgan fingerprint density at radius 3 is 2.71 bits per heavy atom. The molecule has 184 valence electrons. The number of piperazine rings is 1. The van der Waals surface area contributed by atoms with Crippen LogP contribution in [0.5, 0.6) is 11.5 Å². The summed E-state index contributed by atoms with van der Waals surface area (Å²) in [5.74, 6) is 1.89. The van der Waals surface area contributed by atoms with Gasteiger partial charge in [-0.1, -0.05) is 23.9 Å². The number of sulfone groups is 1. The summed E-state index contributed by atoms with van der Waals surface area (Å²) in [7, 11) is -2.98. The van der Waals surface area contributed by atoms with Crippen molar-refractivity contribution in [2.24, 2.45) is 4.99 Å². The maximum atomic E-state index is 13.2. The Kier molecular flexibility index (Phi) is 5.85.